The van der Waals surface area contributed by atoms with E-state index in [0.29, 0.717) is 17.4 Å². The lowest BCUT2D eigenvalue weighted by atomic mass is 10.1. The summed E-state index contributed by atoms with van der Waals surface area (Å²) in [6.45, 7) is 0.292. The maximum atomic E-state index is 12.4. The smallest absolute Gasteiger partial charge is 0.326 e. The Kier molecular flexibility index (Phi) is 5.17. The van der Waals surface area contributed by atoms with Gasteiger partial charge in [-0.15, -0.1) is 0 Å². The van der Waals surface area contributed by atoms with Crippen LogP contribution in [0.3, 0.4) is 0 Å². The van der Waals surface area contributed by atoms with Crippen molar-refractivity contribution in [2.24, 2.45) is 0 Å². The number of nitrogens with zero attached hydrogens (tertiary/aromatic N) is 2. The number of rotatable bonds is 3. The van der Waals surface area contributed by atoms with Crippen molar-refractivity contribution >= 4 is 27.8 Å². The number of carbonyl (C=O) groups excluding carboxylic acids is 1. The lowest BCUT2D eigenvalue weighted by Crippen LogP contribution is -2.46. The van der Waals surface area contributed by atoms with Crippen LogP contribution in [0.1, 0.15) is 25.7 Å². The first-order valence-corrected chi connectivity index (χ1v) is 7.66. The van der Waals surface area contributed by atoms with Crippen LogP contribution in [-0.2, 0) is 16.1 Å². The highest BCUT2D eigenvalue weighted by Crippen LogP contribution is 2.17. The van der Waals surface area contributed by atoms with Gasteiger partial charge in [0.15, 0.2) is 0 Å². The van der Waals surface area contributed by atoms with Crippen LogP contribution in [0.2, 0.25) is 0 Å². The molecule has 1 saturated heterocycles. The number of hydrogen-bond donors (Lipinski definition) is 1. The monoisotopic (exact) mass is 356 g/mol. The van der Waals surface area contributed by atoms with E-state index in [4.69, 9.17) is 0 Å². The van der Waals surface area contributed by atoms with Crippen molar-refractivity contribution in [3.05, 3.63) is 33.2 Å². The Morgan fingerprint density at radius 2 is 2.05 bits per heavy atom. The van der Waals surface area contributed by atoms with E-state index in [2.05, 4.69) is 15.9 Å². The largest absolute Gasteiger partial charge is 0.480 e. The molecule has 7 heteroatoms. The van der Waals surface area contributed by atoms with Crippen LogP contribution < -0.4 is 5.56 Å². The molecule has 2 heterocycles. The normalized spacial score (nSPS) is 19.1. The molecule has 0 aliphatic carbocycles. The Balaban J connectivity index is 2.18. The van der Waals surface area contributed by atoms with Gasteiger partial charge in [0.25, 0.3) is 5.56 Å². The van der Waals surface area contributed by atoms with Crippen LogP contribution in [0.15, 0.2) is 27.6 Å². The molecule has 114 valence electrons. The van der Waals surface area contributed by atoms with E-state index in [1.165, 1.54) is 21.7 Å². The topological polar surface area (TPSA) is 79.6 Å². The fourth-order valence-corrected chi connectivity index (χ4v) is 2.91. The summed E-state index contributed by atoms with van der Waals surface area (Å²) >= 11 is 3.25. The molecule has 1 aliphatic rings. The highest BCUT2D eigenvalue weighted by molar-refractivity contribution is 9.10. The highest BCUT2D eigenvalue weighted by Gasteiger charge is 2.30. The Morgan fingerprint density at radius 3 is 2.76 bits per heavy atom. The third-order valence-corrected chi connectivity index (χ3v) is 4.08. The minimum atomic E-state index is -0.980. The van der Waals surface area contributed by atoms with Crippen molar-refractivity contribution in [2.45, 2.75) is 38.3 Å². The molecule has 6 nitrogen and oxygen atoms in total. The van der Waals surface area contributed by atoms with E-state index in [-0.39, 0.29) is 18.0 Å². The molecule has 0 aromatic carbocycles. The minimum Gasteiger partial charge on any atom is -0.480 e. The van der Waals surface area contributed by atoms with Gasteiger partial charge in [0, 0.05) is 23.3 Å². The first kappa shape index (κ1) is 15.8. The van der Waals surface area contributed by atoms with Gasteiger partial charge in [0.2, 0.25) is 5.91 Å². The average Bonchev–Trinajstić information content (AvgIpc) is 2.68. The highest BCUT2D eigenvalue weighted by atomic mass is 79.9. The van der Waals surface area contributed by atoms with Gasteiger partial charge < -0.3 is 14.6 Å². The third-order valence-electron chi connectivity index (χ3n) is 3.61. The summed E-state index contributed by atoms with van der Waals surface area (Å²) in [4.78, 5) is 36.8. The molecule has 1 unspecified atom stereocenters. The number of carbonyl (C=O) groups is 2. The lowest BCUT2D eigenvalue weighted by Gasteiger charge is -2.27. The molecule has 2 rings (SSSR count). The Bertz CT molecular complexity index is 599. The maximum absolute atomic E-state index is 12.4. The van der Waals surface area contributed by atoms with Crippen LogP contribution in [0, 0.1) is 0 Å². The standard InChI is InChI=1S/C14H17BrN2O4/c15-10-5-6-12(18)16(8-10)9-13(19)17-7-3-1-2-4-11(17)14(20)21/h5-6,8,11H,1-4,7,9H2,(H,20,21). The zero-order valence-corrected chi connectivity index (χ0v) is 13.1. The molecular weight excluding hydrogens is 340 g/mol. The first-order valence-electron chi connectivity index (χ1n) is 6.87. The number of halogens is 1. The molecular formula is C14H17BrN2O4. The number of hydrogen-bond acceptors (Lipinski definition) is 3. The van der Waals surface area contributed by atoms with Crippen molar-refractivity contribution in [2.75, 3.05) is 6.54 Å². The van der Waals surface area contributed by atoms with Gasteiger partial charge in [-0.25, -0.2) is 4.79 Å². The van der Waals surface area contributed by atoms with Gasteiger partial charge in [0.05, 0.1) is 0 Å². The van der Waals surface area contributed by atoms with E-state index >= 15 is 0 Å². The van der Waals surface area contributed by atoms with Gasteiger partial charge in [0.1, 0.15) is 12.6 Å². The van der Waals surface area contributed by atoms with Gasteiger partial charge in [-0.05, 0) is 34.8 Å². The summed E-state index contributed by atoms with van der Waals surface area (Å²) in [5.74, 6) is -1.31. The van der Waals surface area contributed by atoms with Crippen LogP contribution in [0.25, 0.3) is 0 Å². The van der Waals surface area contributed by atoms with E-state index < -0.39 is 12.0 Å². The summed E-state index contributed by atoms with van der Waals surface area (Å²) < 4.78 is 1.98. The molecule has 0 radical (unpaired) electrons. The zero-order chi connectivity index (χ0) is 15.4. The van der Waals surface area contributed by atoms with Crippen LogP contribution in [-0.4, -0.2) is 39.0 Å². The van der Waals surface area contributed by atoms with Gasteiger partial charge >= 0.3 is 5.97 Å². The van der Waals surface area contributed by atoms with Crippen molar-refractivity contribution < 1.29 is 14.7 Å². The molecule has 1 aromatic rings. The molecule has 1 atom stereocenters. The fourth-order valence-electron chi connectivity index (χ4n) is 2.53. The van der Waals surface area contributed by atoms with Crippen molar-refractivity contribution in [3.8, 4) is 0 Å². The second-order valence-corrected chi connectivity index (χ2v) is 6.02. The summed E-state index contributed by atoms with van der Waals surface area (Å²) in [6.07, 6.45) is 4.52. The summed E-state index contributed by atoms with van der Waals surface area (Å²) in [5.41, 5.74) is -0.284. The number of aromatic nitrogens is 1. The number of amides is 1. The maximum Gasteiger partial charge on any atom is 0.326 e. The Labute approximate surface area is 130 Å². The Hall–Kier alpha value is -1.63. The molecule has 1 N–H and O–H groups in total. The summed E-state index contributed by atoms with van der Waals surface area (Å²) in [6, 6.07) is 2.19. The van der Waals surface area contributed by atoms with Crippen LogP contribution in [0.4, 0.5) is 0 Å². The second-order valence-electron chi connectivity index (χ2n) is 5.10. The summed E-state index contributed by atoms with van der Waals surface area (Å²) in [7, 11) is 0. The second kappa shape index (κ2) is 6.89. The third kappa shape index (κ3) is 3.93. The quantitative estimate of drug-likeness (QED) is 0.889. The minimum absolute atomic E-state index is 0.137. The van der Waals surface area contributed by atoms with Gasteiger partial charge in [-0.2, -0.15) is 0 Å². The van der Waals surface area contributed by atoms with E-state index in [9.17, 15) is 19.5 Å². The molecule has 0 saturated carbocycles. The molecule has 1 fully saturated rings. The summed E-state index contributed by atoms with van der Waals surface area (Å²) in [5, 5.41) is 9.28. The SMILES string of the molecule is O=C(O)C1CCCCCN1C(=O)Cn1cc(Br)ccc1=O. The molecule has 1 aliphatic heterocycles. The zero-order valence-electron chi connectivity index (χ0n) is 11.5. The van der Waals surface area contributed by atoms with Gasteiger partial charge in [-0.3, -0.25) is 9.59 Å². The van der Waals surface area contributed by atoms with Crippen LogP contribution >= 0.6 is 15.9 Å². The predicted octanol–water partition coefficient (Wildman–Crippen LogP) is 1.47. The number of likely N-dealkylation sites (tertiary alicyclic amines) is 1. The van der Waals surface area contributed by atoms with Gasteiger partial charge in [-0.1, -0.05) is 12.8 Å². The van der Waals surface area contributed by atoms with Crippen molar-refractivity contribution in [1.29, 1.82) is 0 Å². The molecule has 0 bridgehead atoms. The molecule has 21 heavy (non-hydrogen) atoms. The predicted molar refractivity (Wildman–Crippen MR) is 80.0 cm³/mol. The fraction of sp³-hybridized carbons (Fsp3) is 0.500. The number of aliphatic carboxylic acids is 1. The van der Waals surface area contributed by atoms with E-state index in [1.54, 1.807) is 6.07 Å². The van der Waals surface area contributed by atoms with E-state index in [0.717, 1.165) is 19.3 Å². The molecule has 1 amide bonds. The van der Waals surface area contributed by atoms with Crippen molar-refractivity contribution in [1.82, 2.24) is 9.47 Å². The lowest BCUT2D eigenvalue weighted by molar-refractivity contribution is -0.150. The number of carboxylic acids is 1. The molecule has 0 spiro atoms. The number of carboxylic acid groups (broad SMARTS) is 1. The Morgan fingerprint density at radius 1 is 1.29 bits per heavy atom. The number of pyridine rings is 1. The first-order chi connectivity index (χ1) is 9.99. The molecule has 1 aromatic heterocycles. The van der Waals surface area contributed by atoms with E-state index in [1.807, 2.05) is 0 Å². The average molecular weight is 357 g/mol. The van der Waals surface area contributed by atoms with Crippen molar-refractivity contribution in [3.63, 3.8) is 0 Å². The van der Waals surface area contributed by atoms with Crippen LogP contribution in [0.5, 0.6) is 0 Å².